The topological polar surface area (TPSA) is 18.5 Å². The molecule has 0 fully saturated rings. The van der Waals surface area contributed by atoms with Crippen LogP contribution >= 0.6 is 0 Å². The van der Waals surface area contributed by atoms with Crippen molar-refractivity contribution >= 4 is 0 Å². The van der Waals surface area contributed by atoms with Gasteiger partial charge < -0.3 is 9.47 Å². The minimum Gasteiger partial charge on any atom is -0.350 e. The summed E-state index contributed by atoms with van der Waals surface area (Å²) in [5.74, 6) is 1.29. The van der Waals surface area contributed by atoms with Gasteiger partial charge in [-0.3, -0.25) is 0 Å². The lowest BCUT2D eigenvalue weighted by molar-refractivity contribution is -0.229. The van der Waals surface area contributed by atoms with Crippen molar-refractivity contribution in [1.82, 2.24) is 0 Å². The standard InChI is InChI=1S/C26H52O2/c1-8-10-21-27-26(7,28-22-11-9-2)20-14-19-25(6)18-13-17-24(5)16-12-15-23(3)4/h19,23-24H,8-18,20-22H2,1-7H3. The summed E-state index contributed by atoms with van der Waals surface area (Å²) in [6.45, 7) is 17.5. The molecule has 0 saturated carbocycles. The molecule has 0 saturated heterocycles. The molecule has 0 aliphatic rings. The average molecular weight is 397 g/mol. The van der Waals surface area contributed by atoms with Crippen LogP contribution in [0.5, 0.6) is 0 Å². The molecule has 2 nitrogen and oxygen atoms in total. The number of hydrogen-bond donors (Lipinski definition) is 0. The summed E-state index contributed by atoms with van der Waals surface area (Å²) in [4.78, 5) is 0. The van der Waals surface area contributed by atoms with Gasteiger partial charge in [0.25, 0.3) is 0 Å². The number of allylic oxidation sites excluding steroid dienone is 2. The van der Waals surface area contributed by atoms with Gasteiger partial charge in [-0.1, -0.05) is 84.8 Å². The maximum Gasteiger partial charge on any atom is 0.165 e. The molecule has 28 heavy (non-hydrogen) atoms. The fraction of sp³-hybridized carbons (Fsp3) is 0.923. The van der Waals surface area contributed by atoms with Crippen molar-refractivity contribution in [2.75, 3.05) is 13.2 Å². The molecule has 0 N–H and O–H groups in total. The Morgan fingerprint density at radius 1 is 0.857 bits per heavy atom. The van der Waals surface area contributed by atoms with E-state index in [9.17, 15) is 0 Å². The quantitative estimate of drug-likeness (QED) is 0.123. The minimum absolute atomic E-state index is 0.425. The molecule has 0 radical (unpaired) electrons. The van der Waals surface area contributed by atoms with Gasteiger partial charge in [-0.2, -0.15) is 0 Å². The summed E-state index contributed by atoms with van der Waals surface area (Å²) in [6.07, 6.45) is 17.0. The van der Waals surface area contributed by atoms with Gasteiger partial charge in [-0.05, 0) is 57.8 Å². The summed E-state index contributed by atoms with van der Waals surface area (Å²) < 4.78 is 12.2. The van der Waals surface area contributed by atoms with E-state index in [1.807, 2.05) is 0 Å². The minimum atomic E-state index is -0.425. The predicted molar refractivity (Wildman–Crippen MR) is 125 cm³/mol. The Kier molecular flexibility index (Phi) is 17.3. The van der Waals surface area contributed by atoms with Gasteiger partial charge >= 0.3 is 0 Å². The normalized spacial score (nSPS) is 14.1. The molecule has 168 valence electrons. The van der Waals surface area contributed by atoms with E-state index in [2.05, 4.69) is 54.5 Å². The summed E-state index contributed by atoms with van der Waals surface area (Å²) >= 11 is 0. The molecule has 1 atom stereocenters. The van der Waals surface area contributed by atoms with E-state index in [-0.39, 0.29) is 0 Å². The maximum absolute atomic E-state index is 6.11. The smallest absolute Gasteiger partial charge is 0.165 e. The maximum atomic E-state index is 6.11. The number of rotatable bonds is 19. The van der Waals surface area contributed by atoms with E-state index in [0.29, 0.717) is 0 Å². The first kappa shape index (κ1) is 27.7. The van der Waals surface area contributed by atoms with Crippen molar-refractivity contribution in [2.45, 2.75) is 131 Å². The van der Waals surface area contributed by atoms with E-state index in [1.54, 1.807) is 0 Å². The van der Waals surface area contributed by atoms with E-state index in [0.717, 1.165) is 50.7 Å². The lowest BCUT2D eigenvalue weighted by Crippen LogP contribution is -2.33. The van der Waals surface area contributed by atoms with Crippen molar-refractivity contribution in [3.05, 3.63) is 11.6 Å². The zero-order chi connectivity index (χ0) is 21.3. The monoisotopic (exact) mass is 396 g/mol. The largest absolute Gasteiger partial charge is 0.350 e. The number of hydrogen-bond acceptors (Lipinski definition) is 2. The fourth-order valence-corrected chi connectivity index (χ4v) is 3.48. The fourth-order valence-electron chi connectivity index (χ4n) is 3.48. The van der Waals surface area contributed by atoms with Crippen LogP contribution in [0.3, 0.4) is 0 Å². The van der Waals surface area contributed by atoms with Crippen LogP contribution in [-0.4, -0.2) is 19.0 Å². The van der Waals surface area contributed by atoms with E-state index < -0.39 is 5.79 Å². The second-order valence-electron chi connectivity index (χ2n) is 9.45. The Bertz CT molecular complexity index is 363. The highest BCUT2D eigenvalue weighted by Gasteiger charge is 2.24. The molecule has 0 spiro atoms. The van der Waals surface area contributed by atoms with Crippen molar-refractivity contribution in [1.29, 1.82) is 0 Å². The van der Waals surface area contributed by atoms with Crippen molar-refractivity contribution in [3.8, 4) is 0 Å². The van der Waals surface area contributed by atoms with E-state index >= 15 is 0 Å². The zero-order valence-electron chi connectivity index (χ0n) is 20.4. The third-order valence-electron chi connectivity index (χ3n) is 5.65. The van der Waals surface area contributed by atoms with Gasteiger partial charge in [-0.15, -0.1) is 0 Å². The predicted octanol–water partition coefficient (Wildman–Crippen LogP) is 8.70. The van der Waals surface area contributed by atoms with Gasteiger partial charge in [-0.25, -0.2) is 0 Å². The molecule has 0 bridgehead atoms. The molecule has 0 aromatic carbocycles. The highest BCUT2D eigenvalue weighted by molar-refractivity contribution is 4.98. The summed E-state index contributed by atoms with van der Waals surface area (Å²) in [5, 5.41) is 0. The second-order valence-corrected chi connectivity index (χ2v) is 9.45. The van der Waals surface area contributed by atoms with Crippen LogP contribution in [0.25, 0.3) is 0 Å². The Hall–Kier alpha value is -0.340. The first-order chi connectivity index (χ1) is 13.3. The van der Waals surface area contributed by atoms with Crippen LogP contribution in [0.15, 0.2) is 11.6 Å². The van der Waals surface area contributed by atoms with Crippen molar-refractivity contribution in [3.63, 3.8) is 0 Å². The highest BCUT2D eigenvalue weighted by atomic mass is 16.7. The summed E-state index contributed by atoms with van der Waals surface area (Å²) in [6, 6.07) is 0. The lowest BCUT2D eigenvalue weighted by atomic mass is 9.94. The number of ether oxygens (including phenoxy) is 2. The van der Waals surface area contributed by atoms with Gasteiger partial charge in [0.05, 0.1) is 0 Å². The van der Waals surface area contributed by atoms with E-state index in [4.69, 9.17) is 9.47 Å². The van der Waals surface area contributed by atoms with Crippen LogP contribution in [0, 0.1) is 11.8 Å². The molecule has 0 aromatic rings. The van der Waals surface area contributed by atoms with Gasteiger partial charge in [0.2, 0.25) is 0 Å². The SMILES string of the molecule is CCCCOC(C)(CCC=C(C)CCCC(C)CCCC(C)C)OCCCC. The van der Waals surface area contributed by atoms with Gasteiger partial charge in [0, 0.05) is 19.6 Å². The summed E-state index contributed by atoms with van der Waals surface area (Å²) in [5.41, 5.74) is 1.53. The Morgan fingerprint density at radius 3 is 1.96 bits per heavy atom. The highest BCUT2D eigenvalue weighted by Crippen LogP contribution is 2.23. The molecule has 1 unspecified atom stereocenters. The van der Waals surface area contributed by atoms with Crippen LogP contribution in [0.4, 0.5) is 0 Å². The Morgan fingerprint density at radius 2 is 1.43 bits per heavy atom. The first-order valence-corrected chi connectivity index (χ1v) is 12.3. The van der Waals surface area contributed by atoms with Crippen LogP contribution in [0.2, 0.25) is 0 Å². The first-order valence-electron chi connectivity index (χ1n) is 12.3. The Labute approximate surface area is 177 Å². The molecular formula is C26H52O2. The molecule has 0 aliphatic carbocycles. The molecule has 2 heteroatoms. The second kappa shape index (κ2) is 17.5. The molecule has 0 aromatic heterocycles. The van der Waals surface area contributed by atoms with Crippen LogP contribution < -0.4 is 0 Å². The van der Waals surface area contributed by atoms with E-state index in [1.165, 1.54) is 56.9 Å². The lowest BCUT2D eigenvalue weighted by Gasteiger charge is -2.30. The zero-order valence-corrected chi connectivity index (χ0v) is 20.4. The average Bonchev–Trinajstić information content (AvgIpc) is 2.62. The van der Waals surface area contributed by atoms with Crippen molar-refractivity contribution in [2.24, 2.45) is 11.8 Å². The Balaban J connectivity index is 4.16. The molecular weight excluding hydrogens is 344 g/mol. The molecule has 0 rings (SSSR count). The molecule has 0 aliphatic heterocycles. The van der Waals surface area contributed by atoms with Crippen LogP contribution in [0.1, 0.15) is 126 Å². The number of unbranched alkanes of at least 4 members (excludes halogenated alkanes) is 2. The van der Waals surface area contributed by atoms with Gasteiger partial charge in [0.15, 0.2) is 5.79 Å². The molecule has 0 heterocycles. The summed E-state index contributed by atoms with van der Waals surface area (Å²) in [7, 11) is 0. The van der Waals surface area contributed by atoms with Crippen LogP contribution in [-0.2, 0) is 9.47 Å². The van der Waals surface area contributed by atoms with Gasteiger partial charge in [0.1, 0.15) is 0 Å². The third-order valence-corrected chi connectivity index (χ3v) is 5.65. The third kappa shape index (κ3) is 16.6. The van der Waals surface area contributed by atoms with Crippen molar-refractivity contribution < 1.29 is 9.47 Å². The molecule has 0 amide bonds.